The van der Waals surface area contributed by atoms with E-state index in [1.54, 1.807) is 0 Å². The smallest absolute Gasteiger partial charge is 0.0385 e. The summed E-state index contributed by atoms with van der Waals surface area (Å²) in [6.07, 6.45) is 2.47. The summed E-state index contributed by atoms with van der Waals surface area (Å²) in [6.45, 7) is 7.24. The highest BCUT2D eigenvalue weighted by molar-refractivity contribution is 4.77. The first-order valence-electron chi connectivity index (χ1n) is 5.71. The number of hydrogen-bond donors (Lipinski definition) is 0. The normalized spacial score (nSPS) is 19.1. The first-order chi connectivity index (χ1) is 7.27. The Morgan fingerprint density at radius 2 is 2.13 bits per heavy atom. The number of likely N-dealkylation sites (tertiary alicyclic amines) is 1. The zero-order chi connectivity index (χ0) is 11.1. The third kappa shape index (κ3) is 4.08. The van der Waals surface area contributed by atoms with Gasteiger partial charge in [0.2, 0.25) is 0 Å². The summed E-state index contributed by atoms with van der Waals surface area (Å²) in [6, 6.07) is 0.668. The molecule has 0 N–H and O–H groups in total. The van der Waals surface area contributed by atoms with Crippen LogP contribution in [-0.2, 0) is 0 Å². The Balaban J connectivity index is 2.23. The van der Waals surface area contributed by atoms with Gasteiger partial charge in [0, 0.05) is 24.0 Å². The Morgan fingerprint density at radius 3 is 2.67 bits per heavy atom. The van der Waals surface area contributed by atoms with Crippen LogP contribution in [0.4, 0.5) is 0 Å². The molecule has 15 heavy (non-hydrogen) atoms. The summed E-state index contributed by atoms with van der Waals surface area (Å²) in [5.41, 5.74) is 8.19. The predicted octanol–water partition coefficient (Wildman–Crippen LogP) is 1.71. The van der Waals surface area contributed by atoms with Gasteiger partial charge in [-0.05, 0) is 45.1 Å². The third-order valence-corrected chi connectivity index (χ3v) is 3.24. The Kier molecular flexibility index (Phi) is 5.47. The van der Waals surface area contributed by atoms with E-state index in [-0.39, 0.29) is 0 Å². The van der Waals surface area contributed by atoms with Gasteiger partial charge in [0.15, 0.2) is 0 Å². The van der Waals surface area contributed by atoms with Crippen molar-refractivity contribution in [3.8, 4) is 0 Å². The minimum Gasteiger partial charge on any atom is -0.303 e. The molecule has 5 nitrogen and oxygen atoms in total. The molecule has 5 heteroatoms. The molecular formula is C10H21N5. The number of piperidine rings is 1. The van der Waals surface area contributed by atoms with Gasteiger partial charge in [-0.3, -0.25) is 0 Å². The van der Waals surface area contributed by atoms with Crippen LogP contribution in [-0.4, -0.2) is 55.6 Å². The molecule has 0 amide bonds. The second-order valence-electron chi connectivity index (χ2n) is 4.10. The van der Waals surface area contributed by atoms with Gasteiger partial charge in [-0.1, -0.05) is 12.0 Å². The molecule has 1 fully saturated rings. The monoisotopic (exact) mass is 211 g/mol. The maximum Gasteiger partial charge on any atom is 0.0385 e. The summed E-state index contributed by atoms with van der Waals surface area (Å²) < 4.78 is 0. The first kappa shape index (κ1) is 12.3. The highest BCUT2D eigenvalue weighted by Gasteiger charge is 2.20. The van der Waals surface area contributed by atoms with E-state index in [2.05, 4.69) is 33.8 Å². The standard InChI is InChI=1S/C10H21N5/c1-3-15-7-4-10(5-8-15)14(2)9-6-12-13-11/h10H,3-9H2,1-2H3. The van der Waals surface area contributed by atoms with Crippen molar-refractivity contribution in [3.05, 3.63) is 10.4 Å². The van der Waals surface area contributed by atoms with Crippen LogP contribution in [0.1, 0.15) is 19.8 Å². The van der Waals surface area contributed by atoms with Gasteiger partial charge in [0.25, 0.3) is 0 Å². The number of nitrogens with zero attached hydrogens (tertiary/aromatic N) is 5. The molecular weight excluding hydrogens is 190 g/mol. The van der Waals surface area contributed by atoms with Crippen LogP contribution in [0.15, 0.2) is 5.11 Å². The topological polar surface area (TPSA) is 55.2 Å². The zero-order valence-corrected chi connectivity index (χ0v) is 9.76. The summed E-state index contributed by atoms with van der Waals surface area (Å²) in [5.74, 6) is 0. The molecule has 1 aliphatic rings. The molecule has 0 aromatic rings. The van der Waals surface area contributed by atoms with Crippen LogP contribution >= 0.6 is 0 Å². The fourth-order valence-corrected chi connectivity index (χ4v) is 2.11. The summed E-state index contributed by atoms with van der Waals surface area (Å²) >= 11 is 0. The van der Waals surface area contributed by atoms with Crippen LogP contribution in [0.25, 0.3) is 10.4 Å². The van der Waals surface area contributed by atoms with E-state index in [0.29, 0.717) is 12.6 Å². The Labute approximate surface area is 91.7 Å². The largest absolute Gasteiger partial charge is 0.303 e. The van der Waals surface area contributed by atoms with Crippen LogP contribution in [0.3, 0.4) is 0 Å². The molecule has 0 aliphatic carbocycles. The van der Waals surface area contributed by atoms with Crippen LogP contribution < -0.4 is 0 Å². The fourth-order valence-electron chi connectivity index (χ4n) is 2.11. The number of hydrogen-bond acceptors (Lipinski definition) is 3. The van der Waals surface area contributed by atoms with Crippen molar-refractivity contribution < 1.29 is 0 Å². The highest BCUT2D eigenvalue weighted by Crippen LogP contribution is 2.14. The molecule has 0 unspecified atom stereocenters. The lowest BCUT2D eigenvalue weighted by atomic mass is 10.0. The molecule has 0 bridgehead atoms. The second-order valence-corrected chi connectivity index (χ2v) is 4.10. The van der Waals surface area contributed by atoms with E-state index >= 15 is 0 Å². The molecule has 0 aromatic heterocycles. The summed E-state index contributed by atoms with van der Waals surface area (Å²) in [4.78, 5) is 7.57. The quantitative estimate of drug-likeness (QED) is 0.395. The second kappa shape index (κ2) is 6.67. The molecule has 1 aliphatic heterocycles. The lowest BCUT2D eigenvalue weighted by Crippen LogP contribution is -2.43. The maximum atomic E-state index is 8.19. The number of likely N-dealkylation sites (N-methyl/N-ethyl adjacent to an activating group) is 1. The highest BCUT2D eigenvalue weighted by atomic mass is 15.2. The van der Waals surface area contributed by atoms with E-state index in [1.165, 1.54) is 25.9 Å². The van der Waals surface area contributed by atoms with Crippen molar-refractivity contribution in [1.29, 1.82) is 0 Å². The summed E-state index contributed by atoms with van der Waals surface area (Å²) in [5, 5.41) is 3.57. The van der Waals surface area contributed by atoms with Gasteiger partial charge in [-0.2, -0.15) is 0 Å². The van der Waals surface area contributed by atoms with Crippen LogP contribution in [0.5, 0.6) is 0 Å². The molecule has 1 heterocycles. The molecule has 0 saturated carbocycles. The van der Waals surface area contributed by atoms with Crippen molar-refractivity contribution >= 4 is 0 Å². The van der Waals surface area contributed by atoms with Crippen LogP contribution in [0.2, 0.25) is 0 Å². The SMILES string of the molecule is CCN1CCC(N(C)CCN=[N+]=[N-])CC1. The van der Waals surface area contributed by atoms with Gasteiger partial charge in [0.1, 0.15) is 0 Å². The minimum absolute atomic E-state index is 0.584. The van der Waals surface area contributed by atoms with Gasteiger partial charge in [0.05, 0.1) is 0 Å². The number of azide groups is 1. The molecule has 0 aromatic carbocycles. The molecule has 0 atom stereocenters. The van der Waals surface area contributed by atoms with Gasteiger partial charge >= 0.3 is 0 Å². The molecule has 0 spiro atoms. The molecule has 1 rings (SSSR count). The van der Waals surface area contributed by atoms with Gasteiger partial charge in [-0.15, -0.1) is 0 Å². The van der Waals surface area contributed by atoms with Crippen molar-refractivity contribution in [2.45, 2.75) is 25.8 Å². The third-order valence-electron chi connectivity index (χ3n) is 3.24. The zero-order valence-electron chi connectivity index (χ0n) is 9.76. The van der Waals surface area contributed by atoms with Gasteiger partial charge in [-0.25, -0.2) is 0 Å². The molecule has 0 radical (unpaired) electrons. The Morgan fingerprint density at radius 1 is 1.47 bits per heavy atom. The van der Waals surface area contributed by atoms with E-state index in [4.69, 9.17) is 5.53 Å². The maximum absolute atomic E-state index is 8.19. The molecule has 86 valence electrons. The lowest BCUT2D eigenvalue weighted by Gasteiger charge is -2.36. The Bertz CT molecular complexity index is 216. The molecule has 1 saturated heterocycles. The fraction of sp³-hybridized carbons (Fsp3) is 1.00. The predicted molar refractivity (Wildman–Crippen MR) is 61.8 cm³/mol. The number of rotatable bonds is 5. The van der Waals surface area contributed by atoms with Crippen molar-refractivity contribution in [3.63, 3.8) is 0 Å². The van der Waals surface area contributed by atoms with Gasteiger partial charge < -0.3 is 9.80 Å². The first-order valence-corrected chi connectivity index (χ1v) is 5.71. The van der Waals surface area contributed by atoms with Crippen molar-refractivity contribution in [2.24, 2.45) is 5.11 Å². The summed E-state index contributed by atoms with van der Waals surface area (Å²) in [7, 11) is 2.12. The van der Waals surface area contributed by atoms with Crippen LogP contribution in [0, 0.1) is 0 Å². The van der Waals surface area contributed by atoms with Crippen molar-refractivity contribution in [1.82, 2.24) is 9.80 Å². The minimum atomic E-state index is 0.584. The average Bonchev–Trinajstić information content (AvgIpc) is 2.29. The van der Waals surface area contributed by atoms with Crippen molar-refractivity contribution in [2.75, 3.05) is 39.8 Å². The van der Waals surface area contributed by atoms with E-state index in [1.807, 2.05) is 0 Å². The van der Waals surface area contributed by atoms with E-state index in [0.717, 1.165) is 13.1 Å². The van der Waals surface area contributed by atoms with E-state index in [9.17, 15) is 0 Å². The van der Waals surface area contributed by atoms with E-state index < -0.39 is 0 Å². The lowest BCUT2D eigenvalue weighted by molar-refractivity contribution is 0.134. The average molecular weight is 211 g/mol. The Hall–Kier alpha value is -0.770.